The van der Waals surface area contributed by atoms with Gasteiger partial charge in [0, 0.05) is 13.8 Å². The third kappa shape index (κ3) is 2.73. The van der Waals surface area contributed by atoms with Crippen LogP contribution in [0.25, 0.3) is 0 Å². The predicted molar refractivity (Wildman–Crippen MR) is 78.7 cm³/mol. The molecule has 1 aromatic carbocycles. The van der Waals surface area contributed by atoms with Gasteiger partial charge in [0.15, 0.2) is 0 Å². The molecule has 0 spiro atoms. The Labute approximate surface area is 121 Å². The largest absolute Gasteiger partial charge is 0.497 e. The minimum Gasteiger partial charge on any atom is -0.497 e. The van der Waals surface area contributed by atoms with Crippen LogP contribution in [0.1, 0.15) is 16.5 Å². The number of thiophene rings is 1. The zero-order chi connectivity index (χ0) is 12.4. The second kappa shape index (κ2) is 5.52. The molecule has 0 bridgehead atoms. The Bertz CT molecular complexity index is 527. The van der Waals surface area contributed by atoms with Crippen LogP contribution in [0.3, 0.4) is 0 Å². The molecular formula is C12H11Br2NOS. The van der Waals surface area contributed by atoms with E-state index >= 15 is 0 Å². The molecule has 0 fully saturated rings. The molecule has 1 unspecified atom stereocenters. The van der Waals surface area contributed by atoms with E-state index in [4.69, 9.17) is 10.5 Å². The van der Waals surface area contributed by atoms with Crippen LogP contribution in [-0.4, -0.2) is 7.11 Å². The number of hydrogen-bond acceptors (Lipinski definition) is 3. The molecule has 0 aliphatic carbocycles. The Balaban J connectivity index is 2.43. The van der Waals surface area contributed by atoms with Gasteiger partial charge in [-0.05, 0) is 51.1 Å². The van der Waals surface area contributed by atoms with Crippen LogP contribution in [0.15, 0.2) is 38.6 Å². The zero-order valence-corrected chi connectivity index (χ0v) is 13.1. The van der Waals surface area contributed by atoms with Gasteiger partial charge in [-0.1, -0.05) is 15.9 Å². The van der Waals surface area contributed by atoms with Crippen molar-refractivity contribution < 1.29 is 4.74 Å². The van der Waals surface area contributed by atoms with Crippen molar-refractivity contribution in [2.75, 3.05) is 7.11 Å². The summed E-state index contributed by atoms with van der Waals surface area (Å²) in [5.74, 6) is 0.811. The summed E-state index contributed by atoms with van der Waals surface area (Å²) in [6.07, 6.45) is 0. The van der Waals surface area contributed by atoms with Crippen LogP contribution < -0.4 is 10.5 Å². The van der Waals surface area contributed by atoms with Crippen molar-refractivity contribution in [2.24, 2.45) is 5.73 Å². The number of ether oxygens (including phenoxy) is 1. The summed E-state index contributed by atoms with van der Waals surface area (Å²) in [6, 6.07) is 7.67. The summed E-state index contributed by atoms with van der Waals surface area (Å²) in [5, 5.41) is 2.02. The van der Waals surface area contributed by atoms with Crippen molar-refractivity contribution in [2.45, 2.75) is 6.04 Å². The van der Waals surface area contributed by atoms with Gasteiger partial charge in [-0.25, -0.2) is 0 Å². The molecule has 0 amide bonds. The Morgan fingerprint density at radius 3 is 2.59 bits per heavy atom. The van der Waals surface area contributed by atoms with Gasteiger partial charge in [0.1, 0.15) is 5.75 Å². The van der Waals surface area contributed by atoms with Crippen LogP contribution in [0.2, 0.25) is 0 Å². The standard InChI is InChI=1S/C12H11Br2NOS/c1-16-7-2-3-9(13)8(6-7)11(15)12-10(14)4-5-17-12/h2-6,11H,15H2,1H3. The first-order chi connectivity index (χ1) is 8.13. The molecule has 0 aliphatic rings. The average molecular weight is 377 g/mol. The first kappa shape index (κ1) is 13.1. The molecule has 2 rings (SSSR count). The third-order valence-electron chi connectivity index (χ3n) is 2.47. The van der Waals surface area contributed by atoms with Gasteiger partial charge in [-0.15, -0.1) is 11.3 Å². The lowest BCUT2D eigenvalue weighted by molar-refractivity contribution is 0.414. The summed E-state index contributed by atoms with van der Waals surface area (Å²) in [5.41, 5.74) is 7.30. The fraction of sp³-hybridized carbons (Fsp3) is 0.167. The summed E-state index contributed by atoms with van der Waals surface area (Å²) in [7, 11) is 1.65. The summed E-state index contributed by atoms with van der Waals surface area (Å²) in [4.78, 5) is 1.11. The van der Waals surface area contributed by atoms with E-state index in [0.717, 1.165) is 25.1 Å². The van der Waals surface area contributed by atoms with Gasteiger partial charge < -0.3 is 10.5 Å². The number of hydrogen-bond donors (Lipinski definition) is 1. The van der Waals surface area contributed by atoms with Gasteiger partial charge in [-0.3, -0.25) is 0 Å². The first-order valence-electron chi connectivity index (χ1n) is 4.95. The van der Waals surface area contributed by atoms with Gasteiger partial charge in [0.2, 0.25) is 0 Å². The van der Waals surface area contributed by atoms with E-state index in [1.165, 1.54) is 0 Å². The lowest BCUT2D eigenvalue weighted by Gasteiger charge is -2.14. The number of methoxy groups -OCH3 is 1. The molecule has 17 heavy (non-hydrogen) atoms. The molecule has 1 heterocycles. The molecule has 0 radical (unpaired) electrons. The molecule has 0 aliphatic heterocycles. The number of benzene rings is 1. The summed E-state index contributed by atoms with van der Waals surface area (Å²) in [6.45, 7) is 0. The minimum atomic E-state index is -0.158. The Hall–Kier alpha value is -0.360. The van der Waals surface area contributed by atoms with Crippen molar-refractivity contribution in [1.82, 2.24) is 0 Å². The molecule has 1 aromatic heterocycles. The lowest BCUT2D eigenvalue weighted by Crippen LogP contribution is -2.11. The van der Waals surface area contributed by atoms with Gasteiger partial charge >= 0.3 is 0 Å². The maximum atomic E-state index is 6.28. The first-order valence-corrected chi connectivity index (χ1v) is 7.42. The maximum absolute atomic E-state index is 6.28. The normalized spacial score (nSPS) is 12.5. The van der Waals surface area contributed by atoms with E-state index in [-0.39, 0.29) is 6.04 Å². The van der Waals surface area contributed by atoms with E-state index in [2.05, 4.69) is 31.9 Å². The molecule has 0 saturated carbocycles. The van der Waals surface area contributed by atoms with Gasteiger partial charge in [-0.2, -0.15) is 0 Å². The molecule has 2 aromatic rings. The molecule has 90 valence electrons. The maximum Gasteiger partial charge on any atom is 0.119 e. The van der Waals surface area contributed by atoms with Crippen molar-refractivity contribution in [3.63, 3.8) is 0 Å². The molecule has 2 N–H and O–H groups in total. The topological polar surface area (TPSA) is 35.2 Å². The van der Waals surface area contributed by atoms with E-state index < -0.39 is 0 Å². The average Bonchev–Trinajstić information content (AvgIpc) is 2.75. The highest BCUT2D eigenvalue weighted by Crippen LogP contribution is 2.35. The highest BCUT2D eigenvalue weighted by molar-refractivity contribution is 9.10. The third-order valence-corrected chi connectivity index (χ3v) is 5.14. The Morgan fingerprint density at radius 2 is 2.00 bits per heavy atom. The predicted octanol–water partition coefficient (Wildman–Crippen LogP) is 4.33. The fourth-order valence-electron chi connectivity index (χ4n) is 1.56. The second-order valence-corrected chi connectivity index (χ2v) is 6.15. The minimum absolute atomic E-state index is 0.158. The second-order valence-electron chi connectivity index (χ2n) is 3.50. The van der Waals surface area contributed by atoms with E-state index in [9.17, 15) is 0 Å². The van der Waals surface area contributed by atoms with Crippen LogP contribution in [-0.2, 0) is 0 Å². The highest BCUT2D eigenvalue weighted by atomic mass is 79.9. The van der Waals surface area contributed by atoms with Crippen molar-refractivity contribution in [3.8, 4) is 5.75 Å². The number of rotatable bonds is 3. The van der Waals surface area contributed by atoms with Crippen molar-refractivity contribution >= 4 is 43.2 Å². The zero-order valence-electron chi connectivity index (χ0n) is 9.11. The van der Waals surface area contributed by atoms with E-state index in [0.29, 0.717) is 0 Å². The molecule has 5 heteroatoms. The quantitative estimate of drug-likeness (QED) is 0.865. The smallest absolute Gasteiger partial charge is 0.119 e. The monoisotopic (exact) mass is 375 g/mol. The number of halogens is 2. The molecule has 0 saturated heterocycles. The van der Waals surface area contributed by atoms with Gasteiger partial charge in [0.25, 0.3) is 0 Å². The SMILES string of the molecule is COc1ccc(Br)c(C(N)c2sccc2Br)c1. The molecule has 2 nitrogen and oxygen atoms in total. The van der Waals surface area contributed by atoms with E-state index in [1.54, 1.807) is 18.4 Å². The summed E-state index contributed by atoms with van der Waals surface area (Å²) >= 11 is 8.67. The van der Waals surface area contributed by atoms with Crippen LogP contribution in [0.5, 0.6) is 5.75 Å². The Kier molecular flexibility index (Phi) is 4.25. The highest BCUT2D eigenvalue weighted by Gasteiger charge is 2.16. The van der Waals surface area contributed by atoms with Crippen molar-refractivity contribution in [1.29, 1.82) is 0 Å². The van der Waals surface area contributed by atoms with E-state index in [1.807, 2.05) is 29.6 Å². The summed E-state index contributed by atoms with van der Waals surface area (Å²) < 4.78 is 7.26. The number of nitrogens with two attached hydrogens (primary N) is 1. The van der Waals surface area contributed by atoms with Crippen LogP contribution in [0.4, 0.5) is 0 Å². The Morgan fingerprint density at radius 1 is 1.24 bits per heavy atom. The fourth-order valence-corrected chi connectivity index (χ4v) is 3.69. The van der Waals surface area contributed by atoms with Crippen molar-refractivity contribution in [3.05, 3.63) is 49.0 Å². The van der Waals surface area contributed by atoms with Crippen LogP contribution in [0, 0.1) is 0 Å². The molecular weight excluding hydrogens is 366 g/mol. The van der Waals surface area contributed by atoms with Gasteiger partial charge in [0.05, 0.1) is 13.2 Å². The van der Waals surface area contributed by atoms with Crippen LogP contribution >= 0.6 is 43.2 Å². The molecule has 1 atom stereocenters. The lowest BCUT2D eigenvalue weighted by atomic mass is 10.1.